The van der Waals surface area contributed by atoms with Crippen molar-refractivity contribution < 1.29 is 14.3 Å². The van der Waals surface area contributed by atoms with E-state index in [1.165, 1.54) is 18.3 Å². The molecule has 2 N–H and O–H groups in total. The molecule has 0 aliphatic heterocycles. The zero-order chi connectivity index (χ0) is 19.4. The Kier molecular flexibility index (Phi) is 5.52. The molecule has 2 aromatic carbocycles. The van der Waals surface area contributed by atoms with Crippen LogP contribution in [0.3, 0.4) is 0 Å². The van der Waals surface area contributed by atoms with Gasteiger partial charge >= 0.3 is 0 Å². The molecule has 0 aliphatic rings. The molecule has 0 saturated carbocycles. The molecule has 138 valence electrons. The standard InChI is InChI=1S/C20H19N3O3S/c1-12-18(14-6-10-17(26-3)11-7-14)22-20(27-12)23-19(25)15-4-8-16(9-5-15)21-13(2)24/h4-11H,1-3H3,(H,21,24)(H,22,23,25). The Labute approximate surface area is 161 Å². The highest BCUT2D eigenvalue weighted by Gasteiger charge is 2.13. The second-order valence-corrected chi connectivity index (χ2v) is 7.07. The summed E-state index contributed by atoms with van der Waals surface area (Å²) in [7, 11) is 1.62. The van der Waals surface area contributed by atoms with Crippen molar-refractivity contribution in [2.75, 3.05) is 17.7 Å². The number of carbonyl (C=O) groups excluding carboxylic acids is 2. The van der Waals surface area contributed by atoms with Gasteiger partial charge in [0.25, 0.3) is 5.91 Å². The number of rotatable bonds is 5. The molecule has 1 heterocycles. The minimum absolute atomic E-state index is 0.156. The van der Waals surface area contributed by atoms with E-state index in [0.29, 0.717) is 16.4 Å². The molecule has 3 aromatic rings. The van der Waals surface area contributed by atoms with Gasteiger partial charge in [-0.25, -0.2) is 4.98 Å². The lowest BCUT2D eigenvalue weighted by Gasteiger charge is -2.04. The summed E-state index contributed by atoms with van der Waals surface area (Å²) in [5, 5.41) is 6.03. The van der Waals surface area contributed by atoms with E-state index in [9.17, 15) is 9.59 Å². The van der Waals surface area contributed by atoms with Gasteiger partial charge in [0.2, 0.25) is 5.91 Å². The summed E-state index contributed by atoms with van der Waals surface area (Å²) in [5.41, 5.74) is 2.93. The van der Waals surface area contributed by atoms with Gasteiger partial charge in [-0.2, -0.15) is 0 Å². The lowest BCUT2D eigenvalue weighted by Crippen LogP contribution is -2.12. The minimum Gasteiger partial charge on any atom is -0.497 e. The van der Waals surface area contributed by atoms with Gasteiger partial charge in [0.1, 0.15) is 5.75 Å². The molecular formula is C20H19N3O3S. The van der Waals surface area contributed by atoms with Gasteiger partial charge in [-0.1, -0.05) is 0 Å². The van der Waals surface area contributed by atoms with Crippen LogP contribution in [0.15, 0.2) is 48.5 Å². The van der Waals surface area contributed by atoms with Gasteiger partial charge in [0.15, 0.2) is 5.13 Å². The number of methoxy groups -OCH3 is 1. The van der Waals surface area contributed by atoms with Crippen LogP contribution in [-0.4, -0.2) is 23.9 Å². The first-order valence-electron chi connectivity index (χ1n) is 8.27. The third-order valence-electron chi connectivity index (χ3n) is 3.85. The van der Waals surface area contributed by atoms with Crippen LogP contribution in [0.1, 0.15) is 22.2 Å². The molecule has 0 radical (unpaired) electrons. The number of carbonyl (C=O) groups is 2. The lowest BCUT2D eigenvalue weighted by molar-refractivity contribution is -0.114. The van der Waals surface area contributed by atoms with Crippen molar-refractivity contribution in [1.29, 1.82) is 0 Å². The zero-order valence-electron chi connectivity index (χ0n) is 15.2. The first-order valence-corrected chi connectivity index (χ1v) is 9.09. The SMILES string of the molecule is COc1ccc(-c2nc(NC(=O)c3ccc(NC(C)=O)cc3)sc2C)cc1. The monoisotopic (exact) mass is 381 g/mol. The lowest BCUT2D eigenvalue weighted by atomic mass is 10.1. The molecule has 7 heteroatoms. The molecule has 3 rings (SSSR count). The van der Waals surface area contributed by atoms with Crippen LogP contribution in [0.5, 0.6) is 5.75 Å². The normalized spacial score (nSPS) is 10.3. The Hall–Kier alpha value is -3.19. The number of amides is 2. The van der Waals surface area contributed by atoms with Crippen LogP contribution in [0.4, 0.5) is 10.8 Å². The maximum Gasteiger partial charge on any atom is 0.257 e. The molecule has 0 fully saturated rings. The molecule has 2 amide bonds. The summed E-state index contributed by atoms with van der Waals surface area (Å²) in [5.74, 6) is 0.374. The van der Waals surface area contributed by atoms with Crippen molar-refractivity contribution in [3.8, 4) is 17.0 Å². The predicted octanol–water partition coefficient (Wildman–Crippen LogP) is 4.34. The quantitative estimate of drug-likeness (QED) is 0.689. The molecule has 1 aromatic heterocycles. The molecule has 0 atom stereocenters. The Morgan fingerprint density at radius 1 is 1.00 bits per heavy atom. The first kappa shape index (κ1) is 18.6. The second-order valence-electron chi connectivity index (χ2n) is 5.86. The van der Waals surface area contributed by atoms with Crippen LogP contribution in [-0.2, 0) is 4.79 Å². The van der Waals surface area contributed by atoms with Crippen LogP contribution in [0.25, 0.3) is 11.3 Å². The number of anilines is 2. The van der Waals surface area contributed by atoms with Crippen molar-refractivity contribution in [2.24, 2.45) is 0 Å². The molecular weight excluding hydrogens is 362 g/mol. The summed E-state index contributed by atoms with van der Waals surface area (Å²) in [6.07, 6.45) is 0. The fraction of sp³-hybridized carbons (Fsp3) is 0.150. The average molecular weight is 381 g/mol. The van der Waals surface area contributed by atoms with E-state index in [4.69, 9.17) is 4.74 Å². The molecule has 0 bridgehead atoms. The maximum atomic E-state index is 12.4. The third kappa shape index (κ3) is 4.51. The summed E-state index contributed by atoms with van der Waals surface area (Å²) < 4.78 is 5.17. The van der Waals surface area contributed by atoms with Crippen LogP contribution >= 0.6 is 11.3 Å². The Morgan fingerprint density at radius 2 is 1.67 bits per heavy atom. The number of nitrogens with one attached hydrogen (secondary N) is 2. The summed E-state index contributed by atoms with van der Waals surface area (Å²) in [6.45, 7) is 3.40. The Bertz CT molecular complexity index is 963. The highest BCUT2D eigenvalue weighted by atomic mass is 32.1. The number of aromatic nitrogens is 1. The van der Waals surface area contributed by atoms with Crippen molar-refractivity contribution in [3.05, 3.63) is 59.0 Å². The second kappa shape index (κ2) is 8.01. The fourth-order valence-corrected chi connectivity index (χ4v) is 3.37. The number of thiazole rings is 1. The smallest absolute Gasteiger partial charge is 0.257 e. The summed E-state index contributed by atoms with van der Waals surface area (Å²) >= 11 is 1.42. The van der Waals surface area contributed by atoms with E-state index < -0.39 is 0 Å². The van der Waals surface area contributed by atoms with Gasteiger partial charge in [-0.05, 0) is 55.5 Å². The highest BCUT2D eigenvalue weighted by Crippen LogP contribution is 2.31. The topological polar surface area (TPSA) is 80.3 Å². The number of hydrogen-bond donors (Lipinski definition) is 2. The fourth-order valence-electron chi connectivity index (χ4n) is 2.54. The van der Waals surface area contributed by atoms with Crippen LogP contribution < -0.4 is 15.4 Å². The largest absolute Gasteiger partial charge is 0.497 e. The van der Waals surface area contributed by atoms with Crippen molar-refractivity contribution in [3.63, 3.8) is 0 Å². The molecule has 0 unspecified atom stereocenters. The highest BCUT2D eigenvalue weighted by molar-refractivity contribution is 7.16. The maximum absolute atomic E-state index is 12.4. The zero-order valence-corrected chi connectivity index (χ0v) is 16.0. The predicted molar refractivity (Wildman–Crippen MR) is 108 cm³/mol. The molecule has 0 saturated heterocycles. The number of nitrogens with zero attached hydrogens (tertiary/aromatic N) is 1. The van der Waals surface area contributed by atoms with Gasteiger partial charge in [-0.3, -0.25) is 14.9 Å². The minimum atomic E-state index is -0.251. The third-order valence-corrected chi connectivity index (χ3v) is 4.73. The van der Waals surface area contributed by atoms with Crippen molar-refractivity contribution >= 4 is 34.0 Å². The molecule has 0 spiro atoms. The molecule has 0 aliphatic carbocycles. The summed E-state index contributed by atoms with van der Waals surface area (Å²) in [6, 6.07) is 14.3. The van der Waals surface area contributed by atoms with E-state index in [0.717, 1.165) is 21.9 Å². The van der Waals surface area contributed by atoms with Crippen molar-refractivity contribution in [2.45, 2.75) is 13.8 Å². The van der Waals surface area contributed by atoms with E-state index in [1.807, 2.05) is 31.2 Å². The van der Waals surface area contributed by atoms with Gasteiger partial charge in [-0.15, -0.1) is 11.3 Å². The number of ether oxygens (including phenoxy) is 1. The van der Waals surface area contributed by atoms with Gasteiger partial charge in [0, 0.05) is 28.6 Å². The van der Waals surface area contributed by atoms with Crippen molar-refractivity contribution in [1.82, 2.24) is 4.98 Å². The average Bonchev–Trinajstić information content (AvgIpc) is 3.02. The van der Waals surface area contributed by atoms with E-state index in [2.05, 4.69) is 15.6 Å². The Balaban J connectivity index is 1.73. The van der Waals surface area contributed by atoms with Gasteiger partial charge < -0.3 is 10.1 Å². The molecule has 27 heavy (non-hydrogen) atoms. The number of aryl methyl sites for hydroxylation is 1. The van der Waals surface area contributed by atoms with Crippen LogP contribution in [0.2, 0.25) is 0 Å². The van der Waals surface area contributed by atoms with E-state index in [1.54, 1.807) is 31.4 Å². The van der Waals surface area contributed by atoms with E-state index >= 15 is 0 Å². The first-order chi connectivity index (χ1) is 13.0. The Morgan fingerprint density at radius 3 is 2.26 bits per heavy atom. The number of hydrogen-bond acceptors (Lipinski definition) is 5. The van der Waals surface area contributed by atoms with Crippen LogP contribution in [0, 0.1) is 6.92 Å². The molecule has 6 nitrogen and oxygen atoms in total. The summed E-state index contributed by atoms with van der Waals surface area (Å²) in [4.78, 5) is 29.1. The van der Waals surface area contributed by atoms with Gasteiger partial charge in [0.05, 0.1) is 12.8 Å². The number of benzene rings is 2. The van der Waals surface area contributed by atoms with E-state index in [-0.39, 0.29) is 11.8 Å².